The van der Waals surface area contributed by atoms with Crippen molar-refractivity contribution in [1.29, 1.82) is 0 Å². The summed E-state index contributed by atoms with van der Waals surface area (Å²) in [5, 5.41) is 0. The molecule has 0 bridgehead atoms. The van der Waals surface area contributed by atoms with E-state index in [1.807, 2.05) is 39.0 Å². The Bertz CT molecular complexity index is 749. The first-order valence-corrected chi connectivity index (χ1v) is 8.98. The largest absolute Gasteiger partial charge is 0.326 e. The standard InChI is InChI=1S/C15H20N2O2S2/c1-10-6-13(8-16)7-15(12(10)3)21(18,19)17-9-14-5-4-11(2)20-14/h4-7,17H,8-9,16H2,1-3H3. The molecule has 0 atom stereocenters. The smallest absolute Gasteiger partial charge is 0.241 e. The lowest BCUT2D eigenvalue weighted by Crippen LogP contribution is -2.24. The van der Waals surface area contributed by atoms with Crippen molar-refractivity contribution in [2.45, 2.75) is 38.8 Å². The third-order valence-corrected chi connectivity index (χ3v) is 5.97. The van der Waals surface area contributed by atoms with Gasteiger partial charge in [-0.15, -0.1) is 11.3 Å². The molecular weight excluding hydrogens is 304 g/mol. The molecule has 21 heavy (non-hydrogen) atoms. The molecule has 6 heteroatoms. The Morgan fingerprint density at radius 3 is 2.48 bits per heavy atom. The molecule has 0 saturated heterocycles. The fourth-order valence-electron chi connectivity index (χ4n) is 2.12. The van der Waals surface area contributed by atoms with Gasteiger partial charge in [-0.05, 0) is 55.7 Å². The van der Waals surface area contributed by atoms with Crippen molar-refractivity contribution in [2.75, 3.05) is 0 Å². The van der Waals surface area contributed by atoms with Gasteiger partial charge in [0, 0.05) is 22.8 Å². The van der Waals surface area contributed by atoms with Crippen molar-refractivity contribution < 1.29 is 8.42 Å². The number of aryl methyl sites for hydroxylation is 2. The van der Waals surface area contributed by atoms with Gasteiger partial charge in [0.1, 0.15) is 0 Å². The maximum atomic E-state index is 12.5. The molecule has 0 aliphatic rings. The van der Waals surface area contributed by atoms with Crippen molar-refractivity contribution in [3.05, 3.63) is 50.7 Å². The molecule has 0 spiro atoms. The van der Waals surface area contributed by atoms with Gasteiger partial charge in [0.15, 0.2) is 0 Å². The number of benzene rings is 1. The molecule has 1 aromatic heterocycles. The molecule has 0 radical (unpaired) electrons. The van der Waals surface area contributed by atoms with Crippen LogP contribution >= 0.6 is 11.3 Å². The molecule has 4 nitrogen and oxygen atoms in total. The van der Waals surface area contributed by atoms with E-state index in [2.05, 4.69) is 4.72 Å². The van der Waals surface area contributed by atoms with Crippen LogP contribution in [0, 0.1) is 20.8 Å². The summed E-state index contributed by atoms with van der Waals surface area (Å²) >= 11 is 1.59. The van der Waals surface area contributed by atoms with Crippen LogP contribution in [0.4, 0.5) is 0 Å². The lowest BCUT2D eigenvalue weighted by molar-refractivity contribution is 0.581. The van der Waals surface area contributed by atoms with Gasteiger partial charge in [-0.1, -0.05) is 6.07 Å². The molecule has 0 aliphatic carbocycles. The highest BCUT2D eigenvalue weighted by Gasteiger charge is 2.18. The van der Waals surface area contributed by atoms with E-state index in [0.29, 0.717) is 18.0 Å². The average Bonchev–Trinajstić information content (AvgIpc) is 2.85. The molecule has 3 N–H and O–H groups in total. The van der Waals surface area contributed by atoms with Gasteiger partial charge < -0.3 is 5.73 Å². The Balaban J connectivity index is 2.29. The second-order valence-electron chi connectivity index (χ2n) is 5.08. The molecule has 0 fully saturated rings. The summed E-state index contributed by atoms with van der Waals surface area (Å²) in [5.74, 6) is 0. The van der Waals surface area contributed by atoms with Crippen LogP contribution in [0.1, 0.15) is 26.4 Å². The van der Waals surface area contributed by atoms with Gasteiger partial charge in [0.2, 0.25) is 10.0 Å². The first-order chi connectivity index (χ1) is 9.83. The summed E-state index contributed by atoms with van der Waals surface area (Å²) in [6.45, 7) is 6.36. The summed E-state index contributed by atoms with van der Waals surface area (Å²) in [6, 6.07) is 7.51. The zero-order valence-corrected chi connectivity index (χ0v) is 14.1. The Labute approximate surface area is 130 Å². The number of hydrogen-bond acceptors (Lipinski definition) is 4. The minimum absolute atomic E-state index is 0.312. The highest BCUT2D eigenvalue weighted by atomic mass is 32.2. The van der Waals surface area contributed by atoms with Crippen LogP contribution in [0.2, 0.25) is 0 Å². The topological polar surface area (TPSA) is 72.2 Å². The van der Waals surface area contributed by atoms with E-state index < -0.39 is 10.0 Å². The Kier molecular flexibility index (Phi) is 4.83. The van der Waals surface area contributed by atoms with Crippen LogP contribution in [0.15, 0.2) is 29.2 Å². The normalized spacial score (nSPS) is 11.8. The van der Waals surface area contributed by atoms with Crippen LogP contribution in [0.5, 0.6) is 0 Å². The molecule has 2 rings (SSSR count). The number of nitrogens with two attached hydrogens (primary N) is 1. The summed E-state index contributed by atoms with van der Waals surface area (Å²) in [6.07, 6.45) is 0. The highest BCUT2D eigenvalue weighted by molar-refractivity contribution is 7.89. The van der Waals surface area contributed by atoms with Crippen LogP contribution in [0.3, 0.4) is 0 Å². The second-order valence-corrected chi connectivity index (χ2v) is 8.18. The van der Waals surface area contributed by atoms with E-state index in [1.54, 1.807) is 17.4 Å². The fraction of sp³-hybridized carbons (Fsp3) is 0.333. The molecule has 0 saturated carbocycles. The lowest BCUT2D eigenvalue weighted by Gasteiger charge is -2.12. The molecule has 114 valence electrons. The van der Waals surface area contributed by atoms with E-state index in [9.17, 15) is 8.42 Å². The predicted molar refractivity (Wildman–Crippen MR) is 86.9 cm³/mol. The molecule has 0 unspecified atom stereocenters. The first kappa shape index (κ1) is 16.2. The maximum absolute atomic E-state index is 12.5. The monoisotopic (exact) mass is 324 g/mol. The highest BCUT2D eigenvalue weighted by Crippen LogP contribution is 2.22. The number of nitrogens with one attached hydrogen (secondary N) is 1. The predicted octanol–water partition coefficient (Wildman–Crippen LogP) is 2.61. The Morgan fingerprint density at radius 1 is 1.19 bits per heavy atom. The first-order valence-electron chi connectivity index (χ1n) is 6.68. The van der Waals surface area contributed by atoms with Gasteiger partial charge >= 0.3 is 0 Å². The average molecular weight is 324 g/mol. The van der Waals surface area contributed by atoms with Gasteiger partial charge in [0.05, 0.1) is 4.90 Å². The van der Waals surface area contributed by atoms with Crippen LogP contribution in [0.25, 0.3) is 0 Å². The molecule has 2 aromatic rings. The third kappa shape index (κ3) is 3.71. The van der Waals surface area contributed by atoms with Gasteiger partial charge in [-0.25, -0.2) is 13.1 Å². The van der Waals surface area contributed by atoms with E-state index in [4.69, 9.17) is 5.73 Å². The van der Waals surface area contributed by atoms with Crippen molar-refractivity contribution in [3.63, 3.8) is 0 Å². The summed E-state index contributed by atoms with van der Waals surface area (Å²) in [7, 11) is -3.53. The second kappa shape index (κ2) is 6.27. The van der Waals surface area contributed by atoms with Crippen molar-refractivity contribution in [1.82, 2.24) is 4.72 Å². The van der Waals surface area contributed by atoms with Crippen molar-refractivity contribution in [3.8, 4) is 0 Å². The molecule has 1 aromatic carbocycles. The quantitative estimate of drug-likeness (QED) is 0.888. The minimum atomic E-state index is -3.53. The number of thiophene rings is 1. The molecule has 1 heterocycles. The summed E-state index contributed by atoms with van der Waals surface area (Å²) in [5.41, 5.74) is 8.16. The van der Waals surface area contributed by atoms with Gasteiger partial charge in [-0.3, -0.25) is 0 Å². The zero-order valence-electron chi connectivity index (χ0n) is 12.4. The number of rotatable bonds is 5. The third-order valence-electron chi connectivity index (χ3n) is 3.44. The molecular formula is C15H20N2O2S2. The van der Waals surface area contributed by atoms with Crippen LogP contribution in [-0.4, -0.2) is 8.42 Å². The maximum Gasteiger partial charge on any atom is 0.241 e. The van der Waals surface area contributed by atoms with Crippen molar-refractivity contribution in [2.24, 2.45) is 5.73 Å². The van der Waals surface area contributed by atoms with Crippen LogP contribution < -0.4 is 10.5 Å². The Morgan fingerprint density at radius 2 is 1.90 bits per heavy atom. The van der Waals surface area contributed by atoms with Crippen LogP contribution in [-0.2, 0) is 23.1 Å². The summed E-state index contributed by atoms with van der Waals surface area (Å²) < 4.78 is 27.7. The van der Waals surface area contributed by atoms with E-state index in [1.165, 1.54) is 4.88 Å². The molecule has 0 amide bonds. The van der Waals surface area contributed by atoms with Gasteiger partial charge in [0.25, 0.3) is 0 Å². The van der Waals surface area contributed by atoms with Crippen molar-refractivity contribution >= 4 is 21.4 Å². The number of hydrogen-bond donors (Lipinski definition) is 2. The van der Waals surface area contributed by atoms with E-state index >= 15 is 0 Å². The zero-order chi connectivity index (χ0) is 15.6. The lowest BCUT2D eigenvalue weighted by atomic mass is 10.1. The Hall–Kier alpha value is -1.21. The summed E-state index contributed by atoms with van der Waals surface area (Å²) in [4.78, 5) is 2.48. The van der Waals surface area contributed by atoms with Gasteiger partial charge in [-0.2, -0.15) is 0 Å². The minimum Gasteiger partial charge on any atom is -0.326 e. The van der Waals surface area contributed by atoms with E-state index in [0.717, 1.165) is 21.6 Å². The molecule has 0 aliphatic heterocycles. The fourth-order valence-corrected chi connectivity index (χ4v) is 4.41. The number of sulfonamides is 1. The SMILES string of the molecule is Cc1ccc(CNS(=O)(=O)c2cc(CN)cc(C)c2C)s1. The van der Waals surface area contributed by atoms with E-state index in [-0.39, 0.29) is 0 Å².